The van der Waals surface area contributed by atoms with E-state index < -0.39 is 11.8 Å². The van der Waals surface area contributed by atoms with Crippen molar-refractivity contribution in [3.05, 3.63) is 46.8 Å². The first-order valence-electron chi connectivity index (χ1n) is 6.03. The van der Waals surface area contributed by atoms with Crippen LogP contribution in [0.15, 0.2) is 18.2 Å². The van der Waals surface area contributed by atoms with Crippen molar-refractivity contribution in [2.75, 3.05) is 7.11 Å². The lowest BCUT2D eigenvalue weighted by atomic mass is 10.2. The minimum absolute atomic E-state index is 0.124. The van der Waals surface area contributed by atoms with Crippen LogP contribution in [0, 0.1) is 19.7 Å². The second kappa shape index (κ2) is 5.32. The third-order valence-corrected chi connectivity index (χ3v) is 3.09. The zero-order valence-corrected chi connectivity index (χ0v) is 11.5. The number of imidazole rings is 1. The molecule has 6 heteroatoms. The molecule has 1 aromatic heterocycles. The molecule has 0 aliphatic heterocycles. The van der Waals surface area contributed by atoms with Crippen LogP contribution in [-0.4, -0.2) is 27.7 Å². The van der Waals surface area contributed by atoms with Gasteiger partial charge in [-0.25, -0.2) is 14.2 Å². The molecule has 0 saturated heterocycles. The molecule has 0 saturated carbocycles. The number of aryl methyl sites for hydroxylation is 2. The van der Waals surface area contributed by atoms with Crippen molar-refractivity contribution in [1.29, 1.82) is 0 Å². The van der Waals surface area contributed by atoms with E-state index in [4.69, 9.17) is 4.74 Å². The van der Waals surface area contributed by atoms with Crippen molar-refractivity contribution in [3.63, 3.8) is 0 Å². The van der Waals surface area contributed by atoms with E-state index in [1.807, 2.05) is 0 Å². The Kier molecular flexibility index (Phi) is 3.74. The van der Waals surface area contributed by atoms with Crippen molar-refractivity contribution in [1.82, 2.24) is 9.55 Å². The molecular formula is C14H15FN2O3. The van der Waals surface area contributed by atoms with Gasteiger partial charge in [0, 0.05) is 6.54 Å². The number of hydrogen-bond donors (Lipinski definition) is 1. The molecule has 0 fully saturated rings. The van der Waals surface area contributed by atoms with E-state index in [-0.39, 0.29) is 18.0 Å². The molecular weight excluding hydrogens is 263 g/mol. The smallest absolute Gasteiger partial charge is 0.354 e. The summed E-state index contributed by atoms with van der Waals surface area (Å²) in [4.78, 5) is 15.4. The maximum absolute atomic E-state index is 13.7. The Hall–Kier alpha value is -2.37. The Labute approximate surface area is 115 Å². The van der Waals surface area contributed by atoms with Gasteiger partial charge in [0.15, 0.2) is 17.3 Å². The van der Waals surface area contributed by atoms with Gasteiger partial charge in [0.05, 0.1) is 12.8 Å². The third kappa shape index (κ3) is 2.49. The van der Waals surface area contributed by atoms with E-state index >= 15 is 0 Å². The molecule has 0 aliphatic carbocycles. The highest BCUT2D eigenvalue weighted by Crippen LogP contribution is 2.20. The summed E-state index contributed by atoms with van der Waals surface area (Å²) in [5.41, 5.74) is 1.22. The summed E-state index contributed by atoms with van der Waals surface area (Å²) in [6.45, 7) is 3.61. The van der Waals surface area contributed by atoms with Crippen molar-refractivity contribution in [2.45, 2.75) is 20.4 Å². The van der Waals surface area contributed by atoms with Gasteiger partial charge >= 0.3 is 5.97 Å². The molecule has 5 nitrogen and oxygen atoms in total. The lowest BCUT2D eigenvalue weighted by molar-refractivity contribution is 0.0684. The molecule has 0 amide bonds. The van der Waals surface area contributed by atoms with Crippen molar-refractivity contribution < 1.29 is 19.0 Å². The second-order valence-corrected chi connectivity index (χ2v) is 4.45. The molecule has 106 valence electrons. The van der Waals surface area contributed by atoms with Gasteiger partial charge in [-0.1, -0.05) is 6.07 Å². The minimum atomic E-state index is -1.04. The summed E-state index contributed by atoms with van der Waals surface area (Å²) in [5, 5.41) is 9.22. The number of benzene rings is 1. The minimum Gasteiger partial charge on any atom is -0.494 e. The van der Waals surface area contributed by atoms with Crippen LogP contribution in [0.5, 0.6) is 5.75 Å². The van der Waals surface area contributed by atoms with Gasteiger partial charge in [-0.2, -0.15) is 0 Å². The van der Waals surface area contributed by atoms with Crippen LogP contribution in [-0.2, 0) is 6.54 Å². The summed E-state index contributed by atoms with van der Waals surface area (Å²) < 4.78 is 20.1. The Morgan fingerprint density at radius 1 is 1.45 bits per heavy atom. The number of aromatic carboxylic acids is 1. The highest BCUT2D eigenvalue weighted by molar-refractivity contribution is 5.87. The largest absolute Gasteiger partial charge is 0.494 e. The molecule has 0 spiro atoms. The molecule has 2 aromatic rings. The van der Waals surface area contributed by atoms with Gasteiger partial charge in [0.25, 0.3) is 0 Å². The molecule has 0 radical (unpaired) electrons. The van der Waals surface area contributed by atoms with E-state index in [0.717, 1.165) is 0 Å². The van der Waals surface area contributed by atoms with Crippen LogP contribution in [0.3, 0.4) is 0 Å². The molecule has 1 heterocycles. The molecule has 20 heavy (non-hydrogen) atoms. The fraction of sp³-hybridized carbons (Fsp3) is 0.286. The van der Waals surface area contributed by atoms with Crippen molar-refractivity contribution in [2.24, 2.45) is 0 Å². The Bertz CT molecular complexity index is 665. The average Bonchev–Trinajstić information content (AvgIpc) is 2.64. The second-order valence-electron chi connectivity index (χ2n) is 4.45. The Morgan fingerprint density at radius 2 is 2.15 bits per heavy atom. The van der Waals surface area contributed by atoms with Crippen LogP contribution in [0.2, 0.25) is 0 Å². The zero-order chi connectivity index (χ0) is 14.9. The zero-order valence-electron chi connectivity index (χ0n) is 11.5. The number of carbonyl (C=O) groups is 1. The predicted octanol–water partition coefficient (Wildman–Crippen LogP) is 2.39. The van der Waals surface area contributed by atoms with E-state index in [1.54, 1.807) is 24.5 Å². The maximum Gasteiger partial charge on any atom is 0.354 e. The lowest BCUT2D eigenvalue weighted by Crippen LogP contribution is -2.12. The van der Waals surface area contributed by atoms with Gasteiger partial charge in [0.1, 0.15) is 5.82 Å². The fourth-order valence-corrected chi connectivity index (χ4v) is 2.17. The summed E-state index contributed by atoms with van der Waals surface area (Å²) in [7, 11) is 1.39. The first kappa shape index (κ1) is 14.0. The number of carboxylic acids is 1. The average molecular weight is 278 g/mol. The van der Waals surface area contributed by atoms with E-state index in [2.05, 4.69) is 4.98 Å². The maximum atomic E-state index is 13.7. The highest BCUT2D eigenvalue weighted by Gasteiger charge is 2.18. The van der Waals surface area contributed by atoms with Gasteiger partial charge in [0.2, 0.25) is 0 Å². The highest BCUT2D eigenvalue weighted by atomic mass is 19.1. The van der Waals surface area contributed by atoms with Gasteiger partial charge < -0.3 is 14.4 Å². The number of aromatic nitrogens is 2. The number of methoxy groups -OCH3 is 1. The Morgan fingerprint density at radius 3 is 2.70 bits per heavy atom. The fourth-order valence-electron chi connectivity index (χ4n) is 2.17. The van der Waals surface area contributed by atoms with Crippen molar-refractivity contribution in [3.8, 4) is 5.75 Å². The number of rotatable bonds is 4. The number of hydrogen-bond acceptors (Lipinski definition) is 3. The van der Waals surface area contributed by atoms with Crippen LogP contribution < -0.4 is 4.74 Å². The van der Waals surface area contributed by atoms with E-state index in [1.165, 1.54) is 19.2 Å². The monoisotopic (exact) mass is 278 g/mol. The Balaban J connectivity index is 2.40. The standard InChI is InChI=1S/C14H15FN2O3/c1-8-13(14(18)19)17(9(2)16-8)7-10-4-5-12(20-3)11(15)6-10/h4-6H,7H2,1-3H3,(H,18,19). The third-order valence-electron chi connectivity index (χ3n) is 3.09. The summed E-state index contributed by atoms with van der Waals surface area (Å²) in [6.07, 6.45) is 0. The normalized spacial score (nSPS) is 10.6. The summed E-state index contributed by atoms with van der Waals surface area (Å²) >= 11 is 0. The van der Waals surface area contributed by atoms with Gasteiger partial charge in [-0.15, -0.1) is 0 Å². The molecule has 1 N–H and O–H groups in total. The molecule has 0 unspecified atom stereocenters. The summed E-state index contributed by atoms with van der Waals surface area (Å²) in [5.74, 6) is -0.782. The summed E-state index contributed by atoms with van der Waals surface area (Å²) in [6, 6.07) is 4.55. The molecule has 1 aromatic carbocycles. The lowest BCUT2D eigenvalue weighted by Gasteiger charge is -2.09. The SMILES string of the molecule is COc1ccc(Cn2c(C)nc(C)c2C(=O)O)cc1F. The molecule has 0 bridgehead atoms. The predicted molar refractivity (Wildman–Crippen MR) is 70.7 cm³/mol. The van der Waals surface area contributed by atoms with Gasteiger partial charge in [-0.3, -0.25) is 0 Å². The first-order valence-corrected chi connectivity index (χ1v) is 6.03. The van der Waals surface area contributed by atoms with Crippen molar-refractivity contribution >= 4 is 5.97 Å². The number of ether oxygens (including phenoxy) is 1. The van der Waals surface area contributed by atoms with Crippen LogP contribution in [0.4, 0.5) is 4.39 Å². The number of halogens is 1. The number of carboxylic acid groups (broad SMARTS) is 1. The first-order chi connectivity index (χ1) is 9.43. The number of nitrogens with zero attached hydrogens (tertiary/aromatic N) is 2. The molecule has 2 rings (SSSR count). The van der Waals surface area contributed by atoms with E-state index in [0.29, 0.717) is 17.1 Å². The van der Waals surface area contributed by atoms with Gasteiger partial charge in [-0.05, 0) is 31.5 Å². The topological polar surface area (TPSA) is 64.4 Å². The van der Waals surface area contributed by atoms with Crippen LogP contribution in [0.1, 0.15) is 27.6 Å². The van der Waals surface area contributed by atoms with E-state index in [9.17, 15) is 14.3 Å². The molecule has 0 atom stereocenters. The van der Waals surface area contributed by atoms with Crippen LogP contribution >= 0.6 is 0 Å². The van der Waals surface area contributed by atoms with Crippen LogP contribution in [0.25, 0.3) is 0 Å². The quantitative estimate of drug-likeness (QED) is 0.932. The molecule has 0 aliphatic rings.